The van der Waals surface area contributed by atoms with Crippen molar-refractivity contribution in [2.75, 3.05) is 11.9 Å². The van der Waals surface area contributed by atoms with E-state index < -0.39 is 0 Å². The molecule has 1 fully saturated rings. The molecule has 0 atom stereocenters. The van der Waals surface area contributed by atoms with Crippen LogP contribution >= 0.6 is 0 Å². The average molecular weight is 433 g/mol. The van der Waals surface area contributed by atoms with Crippen molar-refractivity contribution < 1.29 is 5.11 Å². The van der Waals surface area contributed by atoms with Crippen molar-refractivity contribution in [3.63, 3.8) is 0 Å². The Labute approximate surface area is 189 Å². The molecule has 2 aliphatic rings. The number of aromatic nitrogens is 4. The molecule has 7 heteroatoms. The van der Waals surface area contributed by atoms with E-state index in [1.54, 1.807) is 0 Å². The van der Waals surface area contributed by atoms with Crippen LogP contribution in [0.15, 0.2) is 36.8 Å². The molecule has 0 saturated carbocycles. The van der Waals surface area contributed by atoms with Gasteiger partial charge in [0.1, 0.15) is 5.75 Å². The van der Waals surface area contributed by atoms with Crippen LogP contribution in [0, 0.1) is 0 Å². The van der Waals surface area contributed by atoms with Crippen LogP contribution in [0.25, 0.3) is 22.5 Å². The molecule has 1 aromatic carbocycles. The van der Waals surface area contributed by atoms with E-state index in [9.17, 15) is 5.11 Å². The highest BCUT2D eigenvalue weighted by Crippen LogP contribution is 2.38. The Bertz CT molecular complexity index is 1130. The minimum absolute atomic E-state index is 0.0650. The van der Waals surface area contributed by atoms with Gasteiger partial charge in [-0.2, -0.15) is 0 Å². The number of benzene rings is 1. The topological polar surface area (TPSA) is 79.1 Å². The van der Waals surface area contributed by atoms with E-state index in [4.69, 9.17) is 0 Å². The summed E-state index contributed by atoms with van der Waals surface area (Å²) in [6.45, 7) is 9.91. The number of piperidine rings is 1. The first-order valence-corrected chi connectivity index (χ1v) is 11.3. The van der Waals surface area contributed by atoms with E-state index in [2.05, 4.69) is 64.7 Å². The quantitative estimate of drug-likeness (QED) is 0.651. The molecule has 2 N–H and O–H groups in total. The third kappa shape index (κ3) is 3.75. The summed E-state index contributed by atoms with van der Waals surface area (Å²) in [5.74, 6) is 1.09. The number of hydrogen-bond donors (Lipinski definition) is 2. The Kier molecular flexibility index (Phi) is 4.78. The number of anilines is 1. The van der Waals surface area contributed by atoms with Crippen molar-refractivity contribution >= 4 is 5.82 Å². The smallest absolute Gasteiger partial charge is 0.151 e. The monoisotopic (exact) mass is 432 g/mol. The predicted octanol–water partition coefficient (Wildman–Crippen LogP) is 4.01. The van der Waals surface area contributed by atoms with Crippen molar-refractivity contribution in [2.24, 2.45) is 0 Å². The van der Waals surface area contributed by atoms with Gasteiger partial charge in [0.25, 0.3) is 0 Å². The maximum atomic E-state index is 10.7. The molecular weight excluding hydrogens is 400 g/mol. The van der Waals surface area contributed by atoms with E-state index in [-0.39, 0.29) is 16.8 Å². The molecule has 5 rings (SSSR count). The maximum Gasteiger partial charge on any atom is 0.151 e. The SMILES string of the molecule is CN(c1ccc(-c2cc3c(cc2O)CCn2cncc2-3)nn1)C1CC(C)(C)NC(C)(C)C1. The summed E-state index contributed by atoms with van der Waals surface area (Å²) in [6.07, 6.45) is 6.69. The fourth-order valence-corrected chi connectivity index (χ4v) is 5.63. The second-order valence-electron chi connectivity index (χ2n) is 10.6. The third-order valence-corrected chi connectivity index (χ3v) is 6.84. The number of phenols is 1. The van der Waals surface area contributed by atoms with Crippen LogP contribution < -0.4 is 10.2 Å². The number of hydrogen-bond acceptors (Lipinski definition) is 6. The number of phenolic OH excluding ortho intramolecular Hbond substituents is 1. The van der Waals surface area contributed by atoms with Gasteiger partial charge in [0.05, 0.1) is 23.9 Å². The largest absolute Gasteiger partial charge is 0.507 e. The first kappa shape index (κ1) is 20.9. The zero-order chi connectivity index (χ0) is 22.7. The van der Waals surface area contributed by atoms with Gasteiger partial charge in [0, 0.05) is 41.8 Å². The van der Waals surface area contributed by atoms with E-state index in [1.165, 1.54) is 0 Å². The number of nitrogens with zero attached hydrogens (tertiary/aromatic N) is 5. The number of aryl methyl sites for hydroxylation is 2. The van der Waals surface area contributed by atoms with Crippen LogP contribution in [0.3, 0.4) is 0 Å². The minimum Gasteiger partial charge on any atom is -0.507 e. The van der Waals surface area contributed by atoms with E-state index in [1.807, 2.05) is 36.8 Å². The lowest BCUT2D eigenvalue weighted by atomic mass is 9.79. The van der Waals surface area contributed by atoms with Crippen LogP contribution in [0.1, 0.15) is 46.1 Å². The summed E-state index contributed by atoms with van der Waals surface area (Å²) in [6, 6.07) is 8.22. The van der Waals surface area contributed by atoms with Crippen molar-refractivity contribution in [3.05, 3.63) is 42.4 Å². The molecule has 32 heavy (non-hydrogen) atoms. The number of nitrogens with one attached hydrogen (secondary N) is 1. The van der Waals surface area contributed by atoms with Gasteiger partial charge in [-0.25, -0.2) is 4.98 Å². The molecule has 0 bridgehead atoms. The first-order chi connectivity index (χ1) is 15.1. The highest BCUT2D eigenvalue weighted by atomic mass is 16.3. The molecule has 3 aromatic rings. The van der Waals surface area contributed by atoms with Gasteiger partial charge in [-0.15, -0.1) is 10.2 Å². The lowest BCUT2D eigenvalue weighted by Crippen LogP contribution is -2.62. The van der Waals surface area contributed by atoms with Gasteiger partial charge < -0.3 is 19.9 Å². The third-order valence-electron chi connectivity index (χ3n) is 6.84. The Hall–Kier alpha value is -2.93. The number of imidazole rings is 1. The Morgan fingerprint density at radius 2 is 1.81 bits per heavy atom. The van der Waals surface area contributed by atoms with Crippen molar-refractivity contribution in [1.29, 1.82) is 0 Å². The van der Waals surface area contributed by atoms with Gasteiger partial charge in [-0.05, 0) is 76.8 Å². The van der Waals surface area contributed by atoms with Crippen LogP contribution in [-0.2, 0) is 13.0 Å². The summed E-state index contributed by atoms with van der Waals surface area (Å²) >= 11 is 0. The molecular formula is C25H32N6O. The highest BCUT2D eigenvalue weighted by molar-refractivity contribution is 5.77. The molecule has 0 amide bonds. The van der Waals surface area contributed by atoms with Crippen molar-refractivity contribution in [3.8, 4) is 28.3 Å². The van der Waals surface area contributed by atoms with Crippen LogP contribution in [-0.4, -0.2) is 49.0 Å². The second-order valence-corrected chi connectivity index (χ2v) is 10.6. The summed E-state index contributed by atoms with van der Waals surface area (Å²) in [4.78, 5) is 6.53. The molecule has 1 saturated heterocycles. The van der Waals surface area contributed by atoms with E-state index in [0.29, 0.717) is 17.3 Å². The highest BCUT2D eigenvalue weighted by Gasteiger charge is 2.39. The Balaban J connectivity index is 1.43. The normalized spacial score (nSPS) is 19.3. The summed E-state index contributed by atoms with van der Waals surface area (Å²) < 4.78 is 2.15. The number of rotatable bonds is 3. The number of aromatic hydroxyl groups is 1. The van der Waals surface area contributed by atoms with Gasteiger partial charge in [-0.3, -0.25) is 0 Å². The molecule has 4 heterocycles. The molecule has 0 radical (unpaired) electrons. The number of fused-ring (bicyclic) bond motifs is 3. The first-order valence-electron chi connectivity index (χ1n) is 11.3. The molecule has 7 nitrogen and oxygen atoms in total. The minimum atomic E-state index is 0.0650. The van der Waals surface area contributed by atoms with E-state index in [0.717, 1.165) is 48.4 Å². The Morgan fingerprint density at radius 3 is 2.50 bits per heavy atom. The van der Waals surface area contributed by atoms with Gasteiger partial charge in [0.15, 0.2) is 5.82 Å². The van der Waals surface area contributed by atoms with Crippen LogP contribution in [0.5, 0.6) is 5.75 Å². The molecule has 2 aliphatic heterocycles. The fourth-order valence-electron chi connectivity index (χ4n) is 5.63. The van der Waals surface area contributed by atoms with E-state index >= 15 is 0 Å². The lowest BCUT2D eigenvalue weighted by molar-refractivity contribution is 0.160. The summed E-state index contributed by atoms with van der Waals surface area (Å²) in [5, 5.41) is 23.5. The van der Waals surface area contributed by atoms with Gasteiger partial charge >= 0.3 is 0 Å². The average Bonchev–Trinajstić information content (AvgIpc) is 3.20. The standard InChI is InChI=1S/C25H32N6O/c1-24(2)12-17(13-25(3,4)29-24)30(5)23-7-6-20(27-28-23)19-11-18-16(10-22(19)32)8-9-31-15-26-14-21(18)31/h6-7,10-11,14-15,17,29,32H,8-9,12-13H2,1-5H3. The summed E-state index contributed by atoms with van der Waals surface area (Å²) in [5.41, 5.74) is 4.82. The molecule has 2 aromatic heterocycles. The maximum absolute atomic E-state index is 10.7. The van der Waals surface area contributed by atoms with Gasteiger partial charge in [0.2, 0.25) is 0 Å². The molecule has 168 valence electrons. The zero-order valence-electron chi connectivity index (χ0n) is 19.6. The second kappa shape index (κ2) is 7.30. The zero-order valence-corrected chi connectivity index (χ0v) is 19.6. The predicted molar refractivity (Wildman–Crippen MR) is 127 cm³/mol. The molecule has 0 unspecified atom stereocenters. The lowest BCUT2D eigenvalue weighted by Gasteiger charge is -2.49. The molecule has 0 aliphatic carbocycles. The van der Waals surface area contributed by atoms with Crippen LogP contribution in [0.4, 0.5) is 5.82 Å². The van der Waals surface area contributed by atoms with Crippen LogP contribution in [0.2, 0.25) is 0 Å². The fraction of sp³-hybridized carbons (Fsp3) is 0.480. The summed E-state index contributed by atoms with van der Waals surface area (Å²) in [7, 11) is 2.10. The molecule has 0 spiro atoms. The Morgan fingerprint density at radius 1 is 1.06 bits per heavy atom. The van der Waals surface area contributed by atoms with Crippen molar-refractivity contribution in [1.82, 2.24) is 25.1 Å². The van der Waals surface area contributed by atoms with Crippen molar-refractivity contribution in [2.45, 2.75) is 70.6 Å². The van der Waals surface area contributed by atoms with Gasteiger partial charge in [-0.1, -0.05) is 0 Å².